The first-order valence-electron chi connectivity index (χ1n) is 7.88. The van der Waals surface area contributed by atoms with Crippen LogP contribution in [0.2, 0.25) is 0 Å². The molecule has 1 heterocycles. The van der Waals surface area contributed by atoms with Gasteiger partial charge in [0.05, 0.1) is 12.1 Å². The van der Waals surface area contributed by atoms with Gasteiger partial charge >= 0.3 is 6.61 Å². The van der Waals surface area contributed by atoms with Crippen LogP contribution in [0.3, 0.4) is 0 Å². The quantitative estimate of drug-likeness (QED) is 0.873. The molecule has 1 fully saturated rings. The summed E-state index contributed by atoms with van der Waals surface area (Å²) in [5, 5.41) is 6.23. The molecule has 0 aliphatic carbocycles. The fourth-order valence-electron chi connectivity index (χ4n) is 3.00. The number of hydrogen-bond acceptors (Lipinski definition) is 3. The molecule has 1 aliphatic rings. The topological polar surface area (TPSA) is 50.4 Å². The number of halogens is 2. The van der Waals surface area contributed by atoms with E-state index >= 15 is 0 Å². The van der Waals surface area contributed by atoms with Crippen molar-refractivity contribution in [3.63, 3.8) is 0 Å². The summed E-state index contributed by atoms with van der Waals surface area (Å²) in [5.41, 5.74) is 0.619. The molecule has 0 spiro atoms. The number of hydrogen-bond donors (Lipinski definition) is 2. The molecule has 128 valence electrons. The Kier molecular flexibility index (Phi) is 5.57. The van der Waals surface area contributed by atoms with Gasteiger partial charge in [0, 0.05) is 0 Å². The highest BCUT2D eigenvalue weighted by Crippen LogP contribution is 2.30. The predicted molar refractivity (Wildman–Crippen MR) is 84.4 cm³/mol. The van der Waals surface area contributed by atoms with Crippen molar-refractivity contribution in [3.8, 4) is 5.75 Å². The maximum Gasteiger partial charge on any atom is 0.387 e. The van der Waals surface area contributed by atoms with Gasteiger partial charge in [-0.3, -0.25) is 4.79 Å². The number of rotatable bonds is 5. The minimum Gasteiger partial charge on any atom is -0.435 e. The molecule has 2 atom stereocenters. The van der Waals surface area contributed by atoms with Crippen LogP contribution in [0.4, 0.5) is 8.78 Å². The Balaban J connectivity index is 2.03. The van der Waals surface area contributed by atoms with E-state index in [-0.39, 0.29) is 29.2 Å². The van der Waals surface area contributed by atoms with Crippen molar-refractivity contribution in [1.82, 2.24) is 10.6 Å². The van der Waals surface area contributed by atoms with Gasteiger partial charge in [0.2, 0.25) is 5.91 Å². The minimum absolute atomic E-state index is 0.0672. The van der Waals surface area contributed by atoms with E-state index in [1.165, 1.54) is 12.1 Å². The first-order chi connectivity index (χ1) is 10.8. The summed E-state index contributed by atoms with van der Waals surface area (Å²) in [6.45, 7) is 3.95. The van der Waals surface area contributed by atoms with Crippen molar-refractivity contribution in [2.45, 2.75) is 52.3 Å². The van der Waals surface area contributed by atoms with Crippen molar-refractivity contribution in [2.75, 3.05) is 6.54 Å². The lowest BCUT2D eigenvalue weighted by Crippen LogP contribution is -2.55. The number of benzene rings is 1. The van der Waals surface area contributed by atoms with E-state index in [0.29, 0.717) is 0 Å². The largest absolute Gasteiger partial charge is 0.435 e. The SMILES string of the molecule is CC(NC(=O)C1NCCCC1(C)C)c1cccc(OC(F)F)c1. The Labute approximate surface area is 135 Å². The third kappa shape index (κ3) is 4.64. The molecule has 0 bridgehead atoms. The van der Waals surface area contributed by atoms with Crippen molar-refractivity contribution >= 4 is 5.91 Å². The molecule has 2 rings (SSSR count). The molecular formula is C17H24F2N2O2. The van der Waals surface area contributed by atoms with Gasteiger partial charge in [0.25, 0.3) is 0 Å². The van der Waals surface area contributed by atoms with Crippen molar-refractivity contribution < 1.29 is 18.3 Å². The Morgan fingerprint density at radius 1 is 1.43 bits per heavy atom. The van der Waals surface area contributed by atoms with E-state index < -0.39 is 6.61 Å². The highest BCUT2D eigenvalue weighted by Gasteiger charge is 2.37. The van der Waals surface area contributed by atoms with Gasteiger partial charge in [-0.1, -0.05) is 26.0 Å². The molecule has 6 heteroatoms. The number of piperidine rings is 1. The number of alkyl halides is 2. The molecule has 0 saturated carbocycles. The highest BCUT2D eigenvalue weighted by atomic mass is 19.3. The van der Waals surface area contributed by atoms with Gasteiger partial charge < -0.3 is 15.4 Å². The standard InChI is InChI=1S/C17H24F2N2O2/c1-11(12-6-4-7-13(10-12)23-16(18)19)21-15(22)14-17(2,3)8-5-9-20-14/h4,6-7,10-11,14,16,20H,5,8-9H2,1-3H3,(H,21,22). The lowest BCUT2D eigenvalue weighted by atomic mass is 9.77. The molecule has 1 aromatic carbocycles. The fourth-order valence-corrected chi connectivity index (χ4v) is 3.00. The molecule has 4 nitrogen and oxygen atoms in total. The fraction of sp³-hybridized carbons (Fsp3) is 0.588. The Hall–Kier alpha value is -1.69. The van der Waals surface area contributed by atoms with Crippen LogP contribution in [-0.2, 0) is 4.79 Å². The smallest absolute Gasteiger partial charge is 0.387 e. The summed E-state index contributed by atoms with van der Waals surface area (Å²) in [4.78, 5) is 12.5. The molecule has 1 amide bonds. The monoisotopic (exact) mass is 326 g/mol. The Morgan fingerprint density at radius 3 is 2.83 bits per heavy atom. The predicted octanol–water partition coefficient (Wildman–Crippen LogP) is 3.24. The maximum atomic E-state index is 12.5. The molecule has 1 aliphatic heterocycles. The summed E-state index contributed by atoms with van der Waals surface area (Å²) in [6, 6.07) is 5.87. The van der Waals surface area contributed by atoms with Crippen LogP contribution in [0.25, 0.3) is 0 Å². The van der Waals surface area contributed by atoms with Gasteiger partial charge in [-0.2, -0.15) is 8.78 Å². The van der Waals surface area contributed by atoms with E-state index in [4.69, 9.17) is 0 Å². The lowest BCUT2D eigenvalue weighted by Gasteiger charge is -2.38. The van der Waals surface area contributed by atoms with E-state index in [2.05, 4.69) is 29.2 Å². The van der Waals surface area contributed by atoms with Gasteiger partial charge in [0.15, 0.2) is 0 Å². The second kappa shape index (κ2) is 7.25. The van der Waals surface area contributed by atoms with E-state index in [1.54, 1.807) is 12.1 Å². The molecule has 2 unspecified atom stereocenters. The van der Waals surface area contributed by atoms with Crippen molar-refractivity contribution in [3.05, 3.63) is 29.8 Å². The van der Waals surface area contributed by atoms with Crippen LogP contribution in [-0.4, -0.2) is 25.1 Å². The van der Waals surface area contributed by atoms with Gasteiger partial charge in [-0.05, 0) is 49.4 Å². The molecule has 1 saturated heterocycles. The third-order valence-electron chi connectivity index (χ3n) is 4.33. The van der Waals surface area contributed by atoms with Crippen LogP contribution in [0, 0.1) is 5.41 Å². The second-order valence-electron chi connectivity index (χ2n) is 6.66. The number of carbonyl (C=O) groups is 1. The molecular weight excluding hydrogens is 302 g/mol. The maximum absolute atomic E-state index is 12.5. The van der Waals surface area contributed by atoms with Crippen LogP contribution >= 0.6 is 0 Å². The van der Waals surface area contributed by atoms with Crippen LogP contribution in [0.5, 0.6) is 5.75 Å². The summed E-state index contributed by atoms with van der Waals surface area (Å²) in [7, 11) is 0. The summed E-state index contributed by atoms with van der Waals surface area (Å²) >= 11 is 0. The first-order valence-corrected chi connectivity index (χ1v) is 7.88. The average Bonchev–Trinajstić information content (AvgIpc) is 2.46. The average molecular weight is 326 g/mol. The number of carbonyl (C=O) groups excluding carboxylic acids is 1. The number of ether oxygens (including phenoxy) is 1. The zero-order valence-electron chi connectivity index (χ0n) is 13.7. The molecule has 2 N–H and O–H groups in total. The zero-order chi connectivity index (χ0) is 17.0. The molecule has 0 aromatic heterocycles. The molecule has 1 aromatic rings. The van der Waals surface area contributed by atoms with E-state index in [0.717, 1.165) is 24.9 Å². The Morgan fingerprint density at radius 2 is 2.17 bits per heavy atom. The summed E-state index contributed by atoms with van der Waals surface area (Å²) in [5.74, 6) is 0.0251. The van der Waals surface area contributed by atoms with Crippen LogP contribution < -0.4 is 15.4 Å². The van der Waals surface area contributed by atoms with Gasteiger partial charge in [-0.25, -0.2) is 0 Å². The lowest BCUT2D eigenvalue weighted by molar-refractivity contribution is -0.127. The van der Waals surface area contributed by atoms with Gasteiger partial charge in [-0.15, -0.1) is 0 Å². The van der Waals surface area contributed by atoms with E-state index in [9.17, 15) is 13.6 Å². The normalized spacial score (nSPS) is 21.7. The third-order valence-corrected chi connectivity index (χ3v) is 4.33. The van der Waals surface area contributed by atoms with Crippen LogP contribution in [0.1, 0.15) is 45.2 Å². The van der Waals surface area contributed by atoms with Crippen LogP contribution in [0.15, 0.2) is 24.3 Å². The molecule has 23 heavy (non-hydrogen) atoms. The van der Waals surface area contributed by atoms with Crippen molar-refractivity contribution in [2.24, 2.45) is 5.41 Å². The second-order valence-corrected chi connectivity index (χ2v) is 6.66. The number of amides is 1. The summed E-state index contributed by atoms with van der Waals surface area (Å²) < 4.78 is 29.0. The summed E-state index contributed by atoms with van der Waals surface area (Å²) in [6.07, 6.45) is 2.05. The number of nitrogens with one attached hydrogen (secondary N) is 2. The Bertz CT molecular complexity index is 549. The van der Waals surface area contributed by atoms with E-state index in [1.807, 2.05) is 6.92 Å². The van der Waals surface area contributed by atoms with Gasteiger partial charge in [0.1, 0.15) is 5.75 Å². The zero-order valence-corrected chi connectivity index (χ0v) is 13.7. The first kappa shape index (κ1) is 17.7. The van der Waals surface area contributed by atoms with Crippen molar-refractivity contribution in [1.29, 1.82) is 0 Å². The highest BCUT2D eigenvalue weighted by molar-refractivity contribution is 5.83. The minimum atomic E-state index is -2.86. The molecule has 0 radical (unpaired) electrons.